The molecule has 7 nitrogen and oxygen atoms in total. The number of carbonyl (C=O) groups excluding carboxylic acids is 2. The zero-order chi connectivity index (χ0) is 21.8. The van der Waals surface area contributed by atoms with Crippen molar-refractivity contribution < 1.29 is 24.2 Å². The van der Waals surface area contributed by atoms with Gasteiger partial charge in [-0.05, 0) is 56.2 Å². The highest BCUT2D eigenvalue weighted by atomic mass is 16.5. The third-order valence-electron chi connectivity index (χ3n) is 4.90. The maximum atomic E-state index is 12.9. The van der Waals surface area contributed by atoms with Gasteiger partial charge in [0.05, 0.1) is 24.3 Å². The van der Waals surface area contributed by atoms with Crippen LogP contribution in [0.2, 0.25) is 0 Å². The van der Waals surface area contributed by atoms with E-state index in [1.807, 2.05) is 20.8 Å². The molecule has 30 heavy (non-hydrogen) atoms. The summed E-state index contributed by atoms with van der Waals surface area (Å²) in [6.07, 6.45) is 3.22. The van der Waals surface area contributed by atoms with Crippen LogP contribution in [0.5, 0.6) is 5.75 Å². The van der Waals surface area contributed by atoms with Gasteiger partial charge in [-0.3, -0.25) is 14.6 Å². The maximum Gasteiger partial charge on any atom is 0.295 e. The van der Waals surface area contributed by atoms with Crippen molar-refractivity contribution in [2.45, 2.75) is 32.9 Å². The first kappa shape index (κ1) is 21.5. The Morgan fingerprint density at radius 1 is 1.27 bits per heavy atom. The number of hydrogen-bond donors (Lipinski definition) is 1. The van der Waals surface area contributed by atoms with Crippen LogP contribution in [0.4, 0.5) is 0 Å². The van der Waals surface area contributed by atoms with Crippen molar-refractivity contribution >= 4 is 17.4 Å². The summed E-state index contributed by atoms with van der Waals surface area (Å²) < 4.78 is 10.8. The zero-order valence-corrected chi connectivity index (χ0v) is 17.6. The standard InChI is InChI=1S/C23H26N2O5/c1-14(2)30-17-7-8-18(15(3)12-17)21(26)19-20(16-6-5-9-24-13-16)25(10-11-29-4)23(28)22(19)27/h5-9,12-14,20,26H,10-11H2,1-4H3. The summed E-state index contributed by atoms with van der Waals surface area (Å²) in [6.45, 7) is 6.17. The molecule has 0 spiro atoms. The molecular formula is C23H26N2O5. The van der Waals surface area contributed by atoms with Gasteiger partial charge in [0.1, 0.15) is 11.5 Å². The summed E-state index contributed by atoms with van der Waals surface area (Å²) >= 11 is 0. The Balaban J connectivity index is 2.11. The van der Waals surface area contributed by atoms with E-state index in [0.29, 0.717) is 16.9 Å². The average Bonchev–Trinajstić information content (AvgIpc) is 2.96. The van der Waals surface area contributed by atoms with Crippen LogP contribution in [0, 0.1) is 6.92 Å². The minimum Gasteiger partial charge on any atom is -0.507 e. The second-order valence-corrected chi connectivity index (χ2v) is 7.41. The van der Waals surface area contributed by atoms with Gasteiger partial charge in [-0.25, -0.2) is 0 Å². The number of rotatable bonds is 7. The number of aliphatic hydroxyl groups excluding tert-OH is 1. The maximum absolute atomic E-state index is 12.9. The molecule has 1 N–H and O–H groups in total. The predicted octanol–water partition coefficient (Wildman–Crippen LogP) is 3.25. The molecule has 0 aliphatic carbocycles. The number of aromatic nitrogens is 1. The van der Waals surface area contributed by atoms with E-state index in [1.165, 1.54) is 12.0 Å². The highest BCUT2D eigenvalue weighted by Crippen LogP contribution is 2.39. The molecule has 2 heterocycles. The van der Waals surface area contributed by atoms with E-state index in [2.05, 4.69) is 4.98 Å². The Morgan fingerprint density at radius 2 is 2.03 bits per heavy atom. The number of carbonyl (C=O) groups is 2. The summed E-state index contributed by atoms with van der Waals surface area (Å²) in [5.74, 6) is -0.932. The summed E-state index contributed by atoms with van der Waals surface area (Å²) in [7, 11) is 1.53. The van der Waals surface area contributed by atoms with Crippen molar-refractivity contribution in [2.75, 3.05) is 20.3 Å². The molecule has 1 fully saturated rings. The van der Waals surface area contributed by atoms with Gasteiger partial charge in [-0.15, -0.1) is 0 Å². The largest absolute Gasteiger partial charge is 0.507 e. The average molecular weight is 410 g/mol. The first-order valence-corrected chi connectivity index (χ1v) is 9.80. The van der Waals surface area contributed by atoms with E-state index >= 15 is 0 Å². The van der Waals surface area contributed by atoms with Crippen molar-refractivity contribution in [3.8, 4) is 5.75 Å². The Morgan fingerprint density at radius 3 is 2.63 bits per heavy atom. The molecule has 1 aliphatic heterocycles. The number of aliphatic hydroxyl groups is 1. The number of benzene rings is 1. The third kappa shape index (κ3) is 4.21. The third-order valence-corrected chi connectivity index (χ3v) is 4.90. The van der Waals surface area contributed by atoms with Crippen molar-refractivity contribution in [1.29, 1.82) is 0 Å². The number of aryl methyl sites for hydroxylation is 1. The summed E-state index contributed by atoms with van der Waals surface area (Å²) in [5.41, 5.74) is 1.90. The molecule has 1 unspecified atom stereocenters. The number of ketones is 1. The molecule has 0 saturated carbocycles. The van der Waals surface area contributed by atoms with E-state index in [9.17, 15) is 14.7 Å². The van der Waals surface area contributed by atoms with Crippen LogP contribution in [0.15, 0.2) is 48.3 Å². The van der Waals surface area contributed by atoms with Gasteiger partial charge in [0.15, 0.2) is 0 Å². The first-order chi connectivity index (χ1) is 14.3. The number of ether oxygens (including phenoxy) is 2. The number of likely N-dealkylation sites (tertiary alicyclic amines) is 1. The lowest BCUT2D eigenvalue weighted by Gasteiger charge is -2.24. The summed E-state index contributed by atoms with van der Waals surface area (Å²) in [5, 5.41) is 11.1. The second-order valence-electron chi connectivity index (χ2n) is 7.41. The fourth-order valence-corrected chi connectivity index (χ4v) is 3.58. The van der Waals surface area contributed by atoms with Crippen LogP contribution >= 0.6 is 0 Å². The van der Waals surface area contributed by atoms with E-state index in [1.54, 1.807) is 42.7 Å². The second kappa shape index (κ2) is 9.09. The lowest BCUT2D eigenvalue weighted by Crippen LogP contribution is -2.32. The minimum absolute atomic E-state index is 0.0144. The SMILES string of the molecule is COCCN1C(=O)C(=O)C(=C(O)c2ccc(OC(C)C)cc2C)C1c1cccnc1. The first-order valence-electron chi connectivity index (χ1n) is 9.80. The fourth-order valence-electron chi connectivity index (χ4n) is 3.58. The minimum atomic E-state index is -0.736. The van der Waals surface area contributed by atoms with Crippen molar-refractivity contribution in [3.05, 3.63) is 65.0 Å². The highest BCUT2D eigenvalue weighted by Gasteiger charge is 2.46. The van der Waals surface area contributed by atoms with Crippen LogP contribution in [0.1, 0.15) is 36.6 Å². The van der Waals surface area contributed by atoms with E-state index in [0.717, 1.165) is 5.56 Å². The smallest absolute Gasteiger partial charge is 0.295 e. The van der Waals surface area contributed by atoms with Gasteiger partial charge in [-0.2, -0.15) is 0 Å². The van der Waals surface area contributed by atoms with E-state index < -0.39 is 17.7 Å². The number of Topliss-reactive ketones (excluding diaryl/α,β-unsaturated/α-hetero) is 1. The van der Waals surface area contributed by atoms with Crippen molar-refractivity contribution in [3.63, 3.8) is 0 Å². The number of hydrogen-bond acceptors (Lipinski definition) is 6. The van der Waals surface area contributed by atoms with Crippen LogP contribution < -0.4 is 4.74 Å². The molecule has 1 aromatic carbocycles. The highest BCUT2D eigenvalue weighted by molar-refractivity contribution is 6.46. The van der Waals surface area contributed by atoms with Gasteiger partial charge in [0.2, 0.25) is 0 Å². The molecule has 1 saturated heterocycles. The molecule has 3 rings (SSSR count). The Hall–Kier alpha value is -3.19. The van der Waals surface area contributed by atoms with Gasteiger partial charge in [0.25, 0.3) is 11.7 Å². The number of pyridine rings is 1. The molecule has 1 aliphatic rings. The summed E-state index contributed by atoms with van der Waals surface area (Å²) in [6, 6.07) is 8.01. The molecule has 0 radical (unpaired) electrons. The molecular weight excluding hydrogens is 384 g/mol. The Labute approximate surface area is 175 Å². The number of amides is 1. The van der Waals surface area contributed by atoms with E-state index in [4.69, 9.17) is 9.47 Å². The van der Waals surface area contributed by atoms with E-state index in [-0.39, 0.29) is 30.6 Å². The lowest BCUT2D eigenvalue weighted by atomic mass is 9.94. The van der Waals surface area contributed by atoms with Gasteiger partial charge >= 0.3 is 0 Å². The van der Waals surface area contributed by atoms with Crippen molar-refractivity contribution in [1.82, 2.24) is 9.88 Å². The Bertz CT molecular complexity index is 969. The molecule has 1 amide bonds. The molecule has 158 valence electrons. The van der Waals surface area contributed by atoms with Gasteiger partial charge in [-0.1, -0.05) is 6.07 Å². The number of methoxy groups -OCH3 is 1. The summed E-state index contributed by atoms with van der Waals surface area (Å²) in [4.78, 5) is 31.2. The quantitative estimate of drug-likeness (QED) is 0.428. The van der Waals surface area contributed by atoms with Gasteiger partial charge < -0.3 is 19.5 Å². The molecule has 0 bridgehead atoms. The molecule has 7 heteroatoms. The van der Waals surface area contributed by atoms with Crippen molar-refractivity contribution in [2.24, 2.45) is 0 Å². The van der Waals surface area contributed by atoms with Crippen LogP contribution in [0.3, 0.4) is 0 Å². The molecule has 2 aromatic rings. The predicted molar refractivity (Wildman–Crippen MR) is 112 cm³/mol. The fraction of sp³-hybridized carbons (Fsp3) is 0.348. The van der Waals surface area contributed by atoms with Crippen LogP contribution in [0.25, 0.3) is 5.76 Å². The monoisotopic (exact) mass is 410 g/mol. The lowest BCUT2D eigenvalue weighted by molar-refractivity contribution is -0.140. The topological polar surface area (TPSA) is 89.0 Å². The number of nitrogens with zero attached hydrogens (tertiary/aromatic N) is 2. The Kier molecular flexibility index (Phi) is 6.52. The van der Waals surface area contributed by atoms with Gasteiger partial charge in [0, 0.05) is 31.6 Å². The molecule has 1 atom stereocenters. The molecule has 1 aromatic heterocycles. The normalized spacial score (nSPS) is 18.3. The zero-order valence-electron chi connectivity index (χ0n) is 17.6. The van der Waals surface area contributed by atoms with Crippen LogP contribution in [-0.2, 0) is 14.3 Å². The van der Waals surface area contributed by atoms with Crippen LogP contribution in [-0.4, -0.2) is 53.0 Å².